The molecule has 19 heavy (non-hydrogen) atoms. The molecule has 1 heterocycles. The second-order valence-electron chi connectivity index (χ2n) is 3.69. The van der Waals surface area contributed by atoms with Gasteiger partial charge in [-0.3, -0.25) is 0 Å². The number of nitrogen functional groups attached to an aromatic ring is 1. The maximum atomic E-state index is 12.5. The van der Waals surface area contributed by atoms with E-state index in [-0.39, 0.29) is 5.69 Å². The Labute approximate surface area is 110 Å². The third-order valence-corrected chi connectivity index (χ3v) is 3.09. The molecule has 0 radical (unpaired) electrons. The van der Waals surface area contributed by atoms with Crippen LogP contribution in [0.25, 0.3) is 0 Å². The molecule has 4 nitrogen and oxygen atoms in total. The van der Waals surface area contributed by atoms with Gasteiger partial charge in [0.05, 0.1) is 16.9 Å². The molecule has 100 valence electrons. The van der Waals surface area contributed by atoms with Gasteiger partial charge >= 0.3 is 6.18 Å². The van der Waals surface area contributed by atoms with E-state index < -0.39 is 11.7 Å². The van der Waals surface area contributed by atoms with Crippen LogP contribution in [-0.4, -0.2) is 4.98 Å². The summed E-state index contributed by atoms with van der Waals surface area (Å²) in [5.41, 5.74) is 5.45. The zero-order chi connectivity index (χ0) is 14.0. The normalized spacial score (nSPS) is 12.2. The standard InChI is InChI=1S/C11H9F3N4S/c1-6-9(19-10(15)16-6)18-17-8-4-2-3-7(5-8)11(12,13)14/h2-5H,1H3,(H2,15,16). The van der Waals surface area contributed by atoms with Gasteiger partial charge in [-0.2, -0.15) is 13.2 Å². The fourth-order valence-electron chi connectivity index (χ4n) is 1.35. The Morgan fingerprint density at radius 1 is 1.26 bits per heavy atom. The molecule has 0 unspecified atom stereocenters. The van der Waals surface area contributed by atoms with Gasteiger partial charge < -0.3 is 5.73 Å². The zero-order valence-corrected chi connectivity index (χ0v) is 10.6. The van der Waals surface area contributed by atoms with Gasteiger partial charge in [0, 0.05) is 0 Å². The number of alkyl halides is 3. The van der Waals surface area contributed by atoms with Crippen LogP contribution in [-0.2, 0) is 6.18 Å². The number of aromatic nitrogens is 1. The van der Waals surface area contributed by atoms with Crippen LogP contribution in [0.2, 0.25) is 0 Å². The molecule has 0 amide bonds. The maximum Gasteiger partial charge on any atom is 0.416 e. The van der Waals surface area contributed by atoms with Crippen LogP contribution in [0, 0.1) is 6.92 Å². The lowest BCUT2D eigenvalue weighted by Gasteiger charge is -2.05. The highest BCUT2D eigenvalue weighted by atomic mass is 32.1. The number of nitrogens with zero attached hydrogens (tertiary/aromatic N) is 3. The largest absolute Gasteiger partial charge is 0.416 e. The molecule has 0 spiro atoms. The summed E-state index contributed by atoms with van der Waals surface area (Å²) in [5, 5.41) is 8.44. The van der Waals surface area contributed by atoms with E-state index in [1.54, 1.807) is 6.92 Å². The maximum absolute atomic E-state index is 12.5. The molecule has 0 bridgehead atoms. The molecule has 0 saturated carbocycles. The molecule has 0 aliphatic carbocycles. The van der Waals surface area contributed by atoms with Crippen LogP contribution >= 0.6 is 11.3 Å². The van der Waals surface area contributed by atoms with Crippen molar-refractivity contribution in [2.24, 2.45) is 10.2 Å². The summed E-state index contributed by atoms with van der Waals surface area (Å²) in [6, 6.07) is 4.64. The van der Waals surface area contributed by atoms with Crippen molar-refractivity contribution in [1.29, 1.82) is 0 Å². The predicted octanol–water partition coefficient (Wildman–Crippen LogP) is 4.47. The molecule has 0 saturated heterocycles. The molecule has 0 atom stereocenters. The first-order valence-corrected chi connectivity index (χ1v) is 6.00. The van der Waals surface area contributed by atoms with Gasteiger partial charge in [-0.05, 0) is 25.1 Å². The first-order valence-electron chi connectivity index (χ1n) is 5.18. The van der Waals surface area contributed by atoms with Crippen LogP contribution in [0.5, 0.6) is 0 Å². The fourth-order valence-corrected chi connectivity index (χ4v) is 2.00. The highest BCUT2D eigenvalue weighted by Gasteiger charge is 2.30. The van der Waals surface area contributed by atoms with Crippen LogP contribution in [0.15, 0.2) is 34.5 Å². The second kappa shape index (κ2) is 4.96. The summed E-state index contributed by atoms with van der Waals surface area (Å²) in [7, 11) is 0. The Hall–Kier alpha value is -1.96. The Morgan fingerprint density at radius 2 is 2.00 bits per heavy atom. The monoisotopic (exact) mass is 286 g/mol. The van der Waals surface area contributed by atoms with Gasteiger partial charge in [0.25, 0.3) is 0 Å². The van der Waals surface area contributed by atoms with Crippen LogP contribution < -0.4 is 5.73 Å². The average molecular weight is 286 g/mol. The van der Waals surface area contributed by atoms with Gasteiger partial charge in [-0.15, -0.1) is 10.2 Å². The van der Waals surface area contributed by atoms with Crippen LogP contribution in [0.1, 0.15) is 11.3 Å². The third kappa shape index (κ3) is 3.28. The van der Waals surface area contributed by atoms with E-state index in [2.05, 4.69) is 15.2 Å². The second-order valence-corrected chi connectivity index (χ2v) is 4.70. The summed E-state index contributed by atoms with van der Waals surface area (Å²) in [4.78, 5) is 3.94. The van der Waals surface area contributed by atoms with Crippen LogP contribution in [0.3, 0.4) is 0 Å². The van der Waals surface area contributed by atoms with E-state index in [4.69, 9.17) is 5.73 Å². The van der Waals surface area contributed by atoms with E-state index >= 15 is 0 Å². The summed E-state index contributed by atoms with van der Waals surface area (Å²) >= 11 is 1.13. The van der Waals surface area contributed by atoms with Crippen LogP contribution in [0.4, 0.5) is 29.0 Å². The van der Waals surface area contributed by atoms with E-state index in [9.17, 15) is 13.2 Å². The molecule has 2 N–H and O–H groups in total. The van der Waals surface area contributed by atoms with Crippen molar-refractivity contribution in [2.45, 2.75) is 13.1 Å². The van der Waals surface area contributed by atoms with Crippen molar-refractivity contribution in [3.05, 3.63) is 35.5 Å². The van der Waals surface area contributed by atoms with Gasteiger partial charge in [0.15, 0.2) is 10.1 Å². The Kier molecular flexibility index (Phi) is 3.52. The predicted molar refractivity (Wildman–Crippen MR) is 66.9 cm³/mol. The minimum absolute atomic E-state index is 0.126. The summed E-state index contributed by atoms with van der Waals surface area (Å²) in [6.45, 7) is 1.70. The van der Waals surface area contributed by atoms with Crippen molar-refractivity contribution in [2.75, 3.05) is 5.73 Å². The lowest BCUT2D eigenvalue weighted by molar-refractivity contribution is -0.137. The SMILES string of the molecule is Cc1nc(N)sc1N=Nc1cccc(C(F)(F)F)c1. The number of aryl methyl sites for hydroxylation is 1. The molecule has 0 aliphatic heterocycles. The van der Waals surface area contributed by atoms with Crippen molar-refractivity contribution >= 4 is 27.2 Å². The number of nitrogens with two attached hydrogens (primary N) is 1. The number of hydrogen-bond acceptors (Lipinski definition) is 5. The summed E-state index contributed by atoms with van der Waals surface area (Å²) in [6.07, 6.45) is -4.39. The molecular formula is C11H9F3N4S. The lowest BCUT2D eigenvalue weighted by atomic mass is 10.2. The Morgan fingerprint density at radius 3 is 2.58 bits per heavy atom. The number of rotatable bonds is 2. The van der Waals surface area contributed by atoms with Crippen molar-refractivity contribution < 1.29 is 13.2 Å². The van der Waals surface area contributed by atoms with E-state index in [0.717, 1.165) is 23.5 Å². The third-order valence-electron chi connectivity index (χ3n) is 2.22. The molecule has 2 aromatic rings. The Bertz CT molecular complexity index is 619. The highest BCUT2D eigenvalue weighted by Crippen LogP contribution is 2.33. The Balaban J connectivity index is 2.27. The number of thiazole rings is 1. The topological polar surface area (TPSA) is 63.6 Å². The van der Waals surface area contributed by atoms with Gasteiger partial charge in [0.2, 0.25) is 0 Å². The molecule has 0 aliphatic rings. The van der Waals surface area contributed by atoms with E-state index in [1.807, 2.05) is 0 Å². The molecule has 8 heteroatoms. The lowest BCUT2D eigenvalue weighted by Crippen LogP contribution is -2.03. The number of halogens is 3. The van der Waals surface area contributed by atoms with Crippen molar-refractivity contribution in [1.82, 2.24) is 4.98 Å². The highest BCUT2D eigenvalue weighted by molar-refractivity contribution is 7.19. The van der Waals surface area contributed by atoms with Gasteiger partial charge in [-0.1, -0.05) is 17.4 Å². The average Bonchev–Trinajstić information content (AvgIpc) is 2.64. The number of anilines is 1. The fraction of sp³-hybridized carbons (Fsp3) is 0.182. The molecule has 0 fully saturated rings. The zero-order valence-electron chi connectivity index (χ0n) is 9.77. The van der Waals surface area contributed by atoms with Gasteiger partial charge in [0.1, 0.15) is 0 Å². The van der Waals surface area contributed by atoms with Gasteiger partial charge in [-0.25, -0.2) is 4.98 Å². The minimum atomic E-state index is -4.39. The number of azo groups is 1. The molecule has 1 aromatic heterocycles. The number of benzene rings is 1. The first kappa shape index (κ1) is 13.5. The quantitative estimate of drug-likeness (QED) is 0.828. The molecular weight excluding hydrogens is 277 g/mol. The van der Waals surface area contributed by atoms with E-state index in [1.165, 1.54) is 12.1 Å². The van der Waals surface area contributed by atoms with E-state index in [0.29, 0.717) is 15.8 Å². The molecule has 2 rings (SSSR count). The summed E-state index contributed by atoms with van der Waals surface area (Å²) < 4.78 is 37.5. The first-order chi connectivity index (χ1) is 8.86. The van der Waals surface area contributed by atoms with Crippen molar-refractivity contribution in [3.8, 4) is 0 Å². The summed E-state index contributed by atoms with van der Waals surface area (Å²) in [5.74, 6) is 0. The minimum Gasteiger partial charge on any atom is -0.375 e. The molecule has 1 aromatic carbocycles. The number of hydrogen-bond donors (Lipinski definition) is 1. The van der Waals surface area contributed by atoms with Crippen molar-refractivity contribution in [3.63, 3.8) is 0 Å². The smallest absolute Gasteiger partial charge is 0.375 e.